The second-order valence-electron chi connectivity index (χ2n) is 4.53. The molecule has 0 saturated heterocycles. The number of aromatic hydroxyl groups is 1. The van der Waals surface area contributed by atoms with E-state index in [-0.39, 0.29) is 17.7 Å². The number of methoxy groups -OCH3 is 1. The van der Waals surface area contributed by atoms with Crippen LogP contribution in [0.4, 0.5) is 0 Å². The molecule has 1 rings (SSSR count). The zero-order valence-corrected chi connectivity index (χ0v) is 11.4. The van der Waals surface area contributed by atoms with Gasteiger partial charge >= 0.3 is 0 Å². The molecule has 0 aliphatic heterocycles. The summed E-state index contributed by atoms with van der Waals surface area (Å²) >= 11 is 0. The third kappa shape index (κ3) is 3.23. The van der Waals surface area contributed by atoms with Crippen molar-refractivity contribution in [2.45, 2.75) is 26.8 Å². The van der Waals surface area contributed by atoms with Crippen LogP contribution in [-0.2, 0) is 4.74 Å². The van der Waals surface area contributed by atoms with Gasteiger partial charge in [-0.25, -0.2) is 0 Å². The quantitative estimate of drug-likeness (QED) is 0.872. The Bertz CT molecular complexity index is 416. The van der Waals surface area contributed by atoms with E-state index in [1.165, 1.54) is 0 Å². The molecular formula is C14H21NO3. The summed E-state index contributed by atoms with van der Waals surface area (Å²) in [5.41, 5.74) is 1.16. The lowest BCUT2D eigenvalue weighted by molar-refractivity contribution is 0.0634. The van der Waals surface area contributed by atoms with Gasteiger partial charge in [-0.15, -0.1) is 0 Å². The Morgan fingerprint density at radius 2 is 2.11 bits per heavy atom. The lowest BCUT2D eigenvalue weighted by Gasteiger charge is -2.27. The molecule has 0 aliphatic rings. The van der Waals surface area contributed by atoms with Gasteiger partial charge in [-0.1, -0.05) is 6.07 Å². The van der Waals surface area contributed by atoms with Crippen LogP contribution in [0, 0.1) is 6.92 Å². The van der Waals surface area contributed by atoms with Gasteiger partial charge in [0.15, 0.2) is 0 Å². The Kier molecular flexibility index (Phi) is 5.16. The number of ether oxygens (including phenoxy) is 1. The zero-order valence-electron chi connectivity index (χ0n) is 11.4. The predicted molar refractivity (Wildman–Crippen MR) is 70.9 cm³/mol. The number of carbonyl (C=O) groups is 1. The molecule has 0 fully saturated rings. The summed E-state index contributed by atoms with van der Waals surface area (Å²) in [6, 6.07) is 5.10. The Morgan fingerprint density at radius 3 is 2.67 bits per heavy atom. The number of hydrogen-bond acceptors (Lipinski definition) is 3. The van der Waals surface area contributed by atoms with Gasteiger partial charge in [0.2, 0.25) is 0 Å². The highest BCUT2D eigenvalue weighted by Crippen LogP contribution is 2.21. The maximum absolute atomic E-state index is 12.4. The van der Waals surface area contributed by atoms with E-state index in [9.17, 15) is 9.90 Å². The summed E-state index contributed by atoms with van der Waals surface area (Å²) in [4.78, 5) is 14.2. The third-order valence-electron chi connectivity index (χ3n) is 2.96. The molecule has 4 nitrogen and oxygen atoms in total. The molecule has 0 saturated carbocycles. The van der Waals surface area contributed by atoms with Gasteiger partial charge in [0.1, 0.15) is 5.75 Å². The third-order valence-corrected chi connectivity index (χ3v) is 2.96. The molecule has 0 radical (unpaired) electrons. The minimum absolute atomic E-state index is 0.0737. The Labute approximate surface area is 108 Å². The number of phenols is 1. The minimum atomic E-state index is -0.0737. The van der Waals surface area contributed by atoms with Crippen LogP contribution in [0.25, 0.3) is 0 Å². The van der Waals surface area contributed by atoms with Gasteiger partial charge in [-0.3, -0.25) is 4.79 Å². The van der Waals surface area contributed by atoms with Gasteiger partial charge in [0.25, 0.3) is 5.91 Å². The van der Waals surface area contributed by atoms with E-state index in [1.807, 2.05) is 13.8 Å². The topological polar surface area (TPSA) is 49.8 Å². The van der Waals surface area contributed by atoms with E-state index in [0.29, 0.717) is 24.3 Å². The van der Waals surface area contributed by atoms with Crippen LogP contribution in [0.5, 0.6) is 5.75 Å². The monoisotopic (exact) mass is 251 g/mol. The fourth-order valence-corrected chi connectivity index (χ4v) is 1.79. The van der Waals surface area contributed by atoms with Crippen LogP contribution in [-0.4, -0.2) is 42.2 Å². The first-order valence-corrected chi connectivity index (χ1v) is 6.07. The molecule has 1 aromatic rings. The van der Waals surface area contributed by atoms with Gasteiger partial charge in [0.05, 0.1) is 6.61 Å². The molecule has 1 N–H and O–H groups in total. The summed E-state index contributed by atoms with van der Waals surface area (Å²) in [6.07, 6.45) is 0. The number of benzene rings is 1. The van der Waals surface area contributed by atoms with Crippen LogP contribution >= 0.6 is 0 Å². The summed E-state index contributed by atoms with van der Waals surface area (Å²) < 4.78 is 5.02. The zero-order chi connectivity index (χ0) is 13.7. The first-order chi connectivity index (χ1) is 8.49. The van der Waals surface area contributed by atoms with Crippen molar-refractivity contribution >= 4 is 5.91 Å². The summed E-state index contributed by atoms with van der Waals surface area (Å²) in [5, 5.41) is 9.65. The Balaban J connectivity index is 2.98. The van der Waals surface area contributed by atoms with Crippen molar-refractivity contribution in [3.63, 3.8) is 0 Å². The van der Waals surface area contributed by atoms with Crippen LogP contribution in [0.1, 0.15) is 29.8 Å². The summed E-state index contributed by atoms with van der Waals surface area (Å²) in [7, 11) is 1.61. The fourth-order valence-electron chi connectivity index (χ4n) is 1.79. The van der Waals surface area contributed by atoms with E-state index in [4.69, 9.17) is 4.74 Å². The predicted octanol–water partition coefficient (Wildman–Crippen LogP) is 2.20. The molecule has 18 heavy (non-hydrogen) atoms. The average molecular weight is 251 g/mol. The maximum atomic E-state index is 12.4. The van der Waals surface area contributed by atoms with Gasteiger partial charge < -0.3 is 14.7 Å². The summed E-state index contributed by atoms with van der Waals surface area (Å²) in [6.45, 7) is 6.72. The van der Waals surface area contributed by atoms with Gasteiger partial charge in [-0.2, -0.15) is 0 Å². The average Bonchev–Trinajstić information content (AvgIpc) is 2.32. The van der Waals surface area contributed by atoms with E-state index in [1.54, 1.807) is 37.1 Å². The van der Waals surface area contributed by atoms with Crippen molar-refractivity contribution in [2.75, 3.05) is 20.3 Å². The molecule has 1 amide bonds. The molecule has 0 atom stereocenters. The molecule has 0 heterocycles. The van der Waals surface area contributed by atoms with Crippen LogP contribution in [0.15, 0.2) is 18.2 Å². The van der Waals surface area contributed by atoms with Crippen molar-refractivity contribution in [3.05, 3.63) is 29.3 Å². The van der Waals surface area contributed by atoms with E-state index in [0.717, 1.165) is 0 Å². The van der Waals surface area contributed by atoms with Crippen molar-refractivity contribution in [3.8, 4) is 5.75 Å². The summed E-state index contributed by atoms with van der Waals surface area (Å²) in [5.74, 6) is 0.0757. The van der Waals surface area contributed by atoms with Crippen LogP contribution in [0.2, 0.25) is 0 Å². The number of amides is 1. The number of nitrogens with zero attached hydrogens (tertiary/aromatic N) is 1. The first kappa shape index (κ1) is 14.5. The van der Waals surface area contributed by atoms with Crippen molar-refractivity contribution in [1.82, 2.24) is 4.90 Å². The van der Waals surface area contributed by atoms with Gasteiger partial charge in [-0.05, 0) is 32.9 Å². The highest BCUT2D eigenvalue weighted by atomic mass is 16.5. The fraction of sp³-hybridized carbons (Fsp3) is 0.500. The normalized spacial score (nSPS) is 10.7. The highest BCUT2D eigenvalue weighted by Gasteiger charge is 2.20. The molecule has 0 aliphatic carbocycles. The molecule has 0 bridgehead atoms. The van der Waals surface area contributed by atoms with Crippen molar-refractivity contribution in [1.29, 1.82) is 0 Å². The molecule has 1 aromatic carbocycles. The number of hydrogen-bond donors (Lipinski definition) is 1. The first-order valence-electron chi connectivity index (χ1n) is 6.07. The highest BCUT2D eigenvalue weighted by molar-refractivity contribution is 5.96. The van der Waals surface area contributed by atoms with Crippen LogP contribution in [0.3, 0.4) is 0 Å². The number of rotatable bonds is 5. The largest absolute Gasteiger partial charge is 0.508 e. The van der Waals surface area contributed by atoms with Gasteiger partial charge in [0, 0.05) is 30.8 Å². The molecule has 0 unspecified atom stereocenters. The smallest absolute Gasteiger partial charge is 0.254 e. The SMILES string of the molecule is COCCN(C(=O)c1cccc(O)c1C)C(C)C. The Hall–Kier alpha value is -1.55. The molecule has 4 heteroatoms. The Morgan fingerprint density at radius 1 is 1.44 bits per heavy atom. The van der Waals surface area contributed by atoms with Crippen molar-refractivity contribution < 1.29 is 14.6 Å². The number of carbonyl (C=O) groups excluding carboxylic acids is 1. The lowest BCUT2D eigenvalue weighted by Crippen LogP contribution is -2.39. The second-order valence-corrected chi connectivity index (χ2v) is 4.53. The standard InChI is InChI=1S/C14H21NO3/c1-10(2)15(8-9-18-4)14(17)12-6-5-7-13(16)11(12)3/h5-7,10,16H,8-9H2,1-4H3. The molecular weight excluding hydrogens is 230 g/mol. The lowest BCUT2D eigenvalue weighted by atomic mass is 10.1. The van der Waals surface area contributed by atoms with E-state index < -0.39 is 0 Å². The van der Waals surface area contributed by atoms with E-state index in [2.05, 4.69) is 0 Å². The van der Waals surface area contributed by atoms with Crippen molar-refractivity contribution in [2.24, 2.45) is 0 Å². The second kappa shape index (κ2) is 6.40. The van der Waals surface area contributed by atoms with Crippen LogP contribution < -0.4 is 0 Å². The molecule has 0 aromatic heterocycles. The number of phenolic OH excluding ortho intramolecular Hbond substituents is 1. The minimum Gasteiger partial charge on any atom is -0.508 e. The molecule has 100 valence electrons. The maximum Gasteiger partial charge on any atom is 0.254 e. The molecule has 0 spiro atoms. The van der Waals surface area contributed by atoms with E-state index >= 15 is 0 Å².